The molecule has 4 heteroatoms. The second-order valence-corrected chi connectivity index (χ2v) is 5.40. The zero-order chi connectivity index (χ0) is 10.6. The zero-order valence-corrected chi connectivity index (χ0v) is 9.60. The monoisotopic (exact) mass is 218 g/mol. The van der Waals surface area contributed by atoms with E-state index in [0.29, 0.717) is 13.0 Å². The summed E-state index contributed by atoms with van der Waals surface area (Å²) in [4.78, 5) is 11.1. The molecule has 1 fully saturated rings. The highest BCUT2D eigenvalue weighted by Gasteiger charge is 2.41. The molecule has 0 saturated carbocycles. The molecule has 1 aliphatic rings. The molecule has 0 aromatic heterocycles. The molecule has 1 heterocycles. The Morgan fingerprint density at radius 3 is 2.79 bits per heavy atom. The van der Waals surface area contributed by atoms with Crippen molar-refractivity contribution < 1.29 is 14.6 Å². The molecule has 0 aromatic rings. The molecule has 14 heavy (non-hydrogen) atoms. The van der Waals surface area contributed by atoms with E-state index >= 15 is 0 Å². The Kier molecular flexibility index (Phi) is 4.26. The predicted octanol–water partition coefficient (Wildman–Crippen LogP) is 2.15. The maximum atomic E-state index is 11.1. The van der Waals surface area contributed by atoms with Crippen LogP contribution in [0.5, 0.6) is 0 Å². The second kappa shape index (κ2) is 5.03. The van der Waals surface area contributed by atoms with Crippen LogP contribution in [0.1, 0.15) is 33.1 Å². The van der Waals surface area contributed by atoms with Crippen molar-refractivity contribution in [2.45, 2.75) is 44.0 Å². The average Bonchev–Trinajstić information content (AvgIpc) is 2.53. The molecule has 82 valence electrons. The lowest BCUT2D eigenvalue weighted by molar-refractivity contribution is -0.140. The number of aliphatic carboxylic acids is 1. The number of rotatable bonds is 5. The van der Waals surface area contributed by atoms with E-state index in [-0.39, 0.29) is 6.10 Å². The highest BCUT2D eigenvalue weighted by atomic mass is 32.2. The van der Waals surface area contributed by atoms with Gasteiger partial charge in [-0.15, -0.1) is 11.8 Å². The minimum atomic E-state index is -0.674. The first-order chi connectivity index (χ1) is 6.57. The van der Waals surface area contributed by atoms with Crippen molar-refractivity contribution in [3.05, 3.63) is 0 Å². The predicted molar refractivity (Wildman–Crippen MR) is 57.8 cm³/mol. The molecule has 0 aliphatic carbocycles. The molecule has 1 N–H and O–H groups in total. The molecule has 0 bridgehead atoms. The Balaban J connectivity index is 2.40. The summed E-state index contributed by atoms with van der Waals surface area (Å²) >= 11 is 1.57. The van der Waals surface area contributed by atoms with Gasteiger partial charge in [0.2, 0.25) is 0 Å². The molecule has 1 saturated heterocycles. The first-order valence-electron chi connectivity index (χ1n) is 5.06. The summed E-state index contributed by atoms with van der Waals surface area (Å²) in [6, 6.07) is 0. The second-order valence-electron chi connectivity index (χ2n) is 3.92. The number of hydrogen-bond acceptors (Lipinski definition) is 3. The number of carboxylic acids is 1. The van der Waals surface area contributed by atoms with E-state index < -0.39 is 10.7 Å². The van der Waals surface area contributed by atoms with E-state index in [1.807, 2.05) is 13.8 Å². The quantitative estimate of drug-likeness (QED) is 0.768. The zero-order valence-electron chi connectivity index (χ0n) is 8.78. The van der Waals surface area contributed by atoms with Crippen molar-refractivity contribution in [3.63, 3.8) is 0 Å². The Hall–Kier alpha value is -0.220. The molecule has 0 aromatic carbocycles. The number of ether oxygens (including phenoxy) is 1. The van der Waals surface area contributed by atoms with E-state index in [1.54, 1.807) is 11.8 Å². The third kappa shape index (κ3) is 2.89. The highest BCUT2D eigenvalue weighted by Crippen LogP contribution is 2.41. The summed E-state index contributed by atoms with van der Waals surface area (Å²) in [5, 5.41) is 9.15. The van der Waals surface area contributed by atoms with E-state index in [1.165, 1.54) is 0 Å². The van der Waals surface area contributed by atoms with Crippen LogP contribution in [0.3, 0.4) is 0 Å². The number of hydrogen-bond donors (Lipinski definition) is 1. The standard InChI is InChI=1S/C10H18O3S/c1-8(2)13-6-5-10(9(11)12)4-3-7-14-10/h8H,3-7H2,1-2H3,(H,11,12). The van der Waals surface area contributed by atoms with Crippen molar-refractivity contribution in [3.8, 4) is 0 Å². The van der Waals surface area contributed by atoms with Gasteiger partial charge in [0.05, 0.1) is 6.10 Å². The van der Waals surface area contributed by atoms with Crippen LogP contribution in [0.25, 0.3) is 0 Å². The fourth-order valence-corrected chi connectivity index (χ4v) is 2.95. The molecule has 0 amide bonds. The van der Waals surface area contributed by atoms with Crippen molar-refractivity contribution in [1.29, 1.82) is 0 Å². The van der Waals surface area contributed by atoms with Crippen LogP contribution < -0.4 is 0 Å². The minimum Gasteiger partial charge on any atom is -0.480 e. The third-order valence-corrected chi connectivity index (χ3v) is 4.08. The maximum Gasteiger partial charge on any atom is 0.319 e. The smallest absolute Gasteiger partial charge is 0.319 e. The van der Waals surface area contributed by atoms with Crippen LogP contribution in [0, 0.1) is 0 Å². The average molecular weight is 218 g/mol. The van der Waals surface area contributed by atoms with Gasteiger partial charge in [-0.25, -0.2) is 0 Å². The van der Waals surface area contributed by atoms with Gasteiger partial charge in [0.15, 0.2) is 0 Å². The molecule has 3 nitrogen and oxygen atoms in total. The maximum absolute atomic E-state index is 11.1. The summed E-state index contributed by atoms with van der Waals surface area (Å²) < 4.78 is 4.84. The lowest BCUT2D eigenvalue weighted by atomic mass is 10.00. The van der Waals surface area contributed by atoms with Gasteiger partial charge >= 0.3 is 5.97 Å². The van der Waals surface area contributed by atoms with Gasteiger partial charge in [-0.05, 0) is 38.9 Å². The summed E-state index contributed by atoms with van der Waals surface area (Å²) in [5.74, 6) is 0.293. The van der Waals surface area contributed by atoms with Gasteiger partial charge in [0.1, 0.15) is 4.75 Å². The molecular formula is C10H18O3S. The van der Waals surface area contributed by atoms with E-state index in [9.17, 15) is 4.79 Å². The first-order valence-corrected chi connectivity index (χ1v) is 6.04. The third-order valence-electron chi connectivity index (χ3n) is 2.45. The van der Waals surface area contributed by atoms with Crippen molar-refractivity contribution >= 4 is 17.7 Å². The summed E-state index contributed by atoms with van der Waals surface area (Å²) in [7, 11) is 0. The molecule has 1 rings (SSSR count). The lowest BCUT2D eigenvalue weighted by Gasteiger charge is -2.23. The number of carbonyl (C=O) groups is 1. The fourth-order valence-electron chi connectivity index (χ4n) is 1.63. The minimum absolute atomic E-state index is 0.187. The lowest BCUT2D eigenvalue weighted by Crippen LogP contribution is -2.34. The molecule has 1 atom stereocenters. The topological polar surface area (TPSA) is 46.5 Å². The van der Waals surface area contributed by atoms with Gasteiger partial charge in [-0.1, -0.05) is 0 Å². The van der Waals surface area contributed by atoms with Gasteiger partial charge in [-0.3, -0.25) is 4.79 Å². The van der Waals surface area contributed by atoms with Crippen LogP contribution >= 0.6 is 11.8 Å². The van der Waals surface area contributed by atoms with E-state index in [2.05, 4.69) is 0 Å². The molecule has 1 aliphatic heterocycles. The molecule has 0 spiro atoms. The Morgan fingerprint density at radius 2 is 2.36 bits per heavy atom. The van der Waals surface area contributed by atoms with Crippen molar-refractivity contribution in [2.24, 2.45) is 0 Å². The van der Waals surface area contributed by atoms with Crippen molar-refractivity contribution in [1.82, 2.24) is 0 Å². The molecule has 0 radical (unpaired) electrons. The van der Waals surface area contributed by atoms with Gasteiger partial charge < -0.3 is 9.84 Å². The fraction of sp³-hybridized carbons (Fsp3) is 0.900. The SMILES string of the molecule is CC(C)OCCC1(C(=O)O)CCCS1. The highest BCUT2D eigenvalue weighted by molar-refractivity contribution is 8.01. The Morgan fingerprint density at radius 1 is 1.64 bits per heavy atom. The molecule has 1 unspecified atom stereocenters. The van der Waals surface area contributed by atoms with Crippen LogP contribution in [0.2, 0.25) is 0 Å². The summed E-state index contributed by atoms with van der Waals surface area (Å²) in [6.07, 6.45) is 2.62. The van der Waals surface area contributed by atoms with Crippen LogP contribution in [0.15, 0.2) is 0 Å². The first kappa shape index (κ1) is 11.9. The number of thioether (sulfide) groups is 1. The van der Waals surface area contributed by atoms with Crippen LogP contribution in [0.4, 0.5) is 0 Å². The molecular weight excluding hydrogens is 200 g/mol. The van der Waals surface area contributed by atoms with Gasteiger partial charge in [0.25, 0.3) is 0 Å². The summed E-state index contributed by atoms with van der Waals surface area (Å²) in [5.41, 5.74) is 0. The van der Waals surface area contributed by atoms with Gasteiger partial charge in [0, 0.05) is 6.61 Å². The number of carboxylic acid groups (broad SMARTS) is 1. The largest absolute Gasteiger partial charge is 0.480 e. The van der Waals surface area contributed by atoms with E-state index in [0.717, 1.165) is 18.6 Å². The Labute approximate surface area is 89.2 Å². The summed E-state index contributed by atoms with van der Waals surface area (Å²) in [6.45, 7) is 4.49. The van der Waals surface area contributed by atoms with Crippen LogP contribution in [-0.2, 0) is 9.53 Å². The Bertz CT molecular complexity index is 198. The van der Waals surface area contributed by atoms with E-state index in [4.69, 9.17) is 9.84 Å². The van der Waals surface area contributed by atoms with Crippen molar-refractivity contribution in [2.75, 3.05) is 12.4 Å². The van der Waals surface area contributed by atoms with Gasteiger partial charge in [-0.2, -0.15) is 0 Å². The van der Waals surface area contributed by atoms with Crippen LogP contribution in [-0.4, -0.2) is 34.3 Å². The normalized spacial score (nSPS) is 27.1.